The minimum atomic E-state index is -0.0334. The molecule has 0 aromatic heterocycles. The van der Waals surface area contributed by atoms with Crippen LogP contribution in [0.5, 0.6) is 5.75 Å². The van der Waals surface area contributed by atoms with Crippen LogP contribution in [0.15, 0.2) is 35.9 Å². The zero-order chi connectivity index (χ0) is 24.7. The molecule has 0 saturated carbocycles. The predicted molar refractivity (Wildman–Crippen MR) is 139 cm³/mol. The van der Waals surface area contributed by atoms with E-state index in [0.717, 1.165) is 86.6 Å². The Hall–Kier alpha value is -1.66. The van der Waals surface area contributed by atoms with Gasteiger partial charge in [-0.3, -0.25) is 4.90 Å². The Morgan fingerprint density at radius 3 is 2.53 bits per heavy atom. The number of morpholine rings is 1. The molecule has 0 amide bonds. The lowest BCUT2D eigenvalue weighted by molar-refractivity contribution is 0.0370. The molecule has 0 spiro atoms. The van der Waals surface area contributed by atoms with Crippen LogP contribution in [-0.4, -0.2) is 61.7 Å². The maximum absolute atomic E-state index is 10.4. The van der Waals surface area contributed by atoms with Crippen LogP contribution in [0.2, 0.25) is 0 Å². The summed E-state index contributed by atoms with van der Waals surface area (Å²) in [5, 5.41) is 20.2. The van der Waals surface area contributed by atoms with Crippen LogP contribution in [0.3, 0.4) is 0 Å². The summed E-state index contributed by atoms with van der Waals surface area (Å²) in [4.78, 5) is 2.49. The lowest BCUT2D eigenvalue weighted by Crippen LogP contribution is -2.36. The molecule has 2 atom stereocenters. The number of hydrogen-bond acceptors (Lipinski definition) is 5. The van der Waals surface area contributed by atoms with E-state index < -0.39 is 0 Å². The van der Waals surface area contributed by atoms with Crippen LogP contribution in [0, 0.1) is 5.92 Å². The van der Waals surface area contributed by atoms with Gasteiger partial charge < -0.3 is 19.7 Å². The SMILES string of the molecule is C=C(C)C1CCC(CO)=CC1c1c(CO)cc(C(C)(C)CCCCN2CCOCC2)cc1OC. The Morgan fingerprint density at radius 2 is 1.91 bits per heavy atom. The molecule has 3 rings (SSSR count). The number of aliphatic hydroxyl groups is 2. The van der Waals surface area contributed by atoms with E-state index in [-0.39, 0.29) is 30.5 Å². The fourth-order valence-electron chi connectivity index (χ4n) is 5.57. The number of nitrogens with zero attached hydrogens (tertiary/aromatic N) is 1. The first-order valence-electron chi connectivity index (χ1n) is 12.9. The number of hydrogen-bond donors (Lipinski definition) is 2. The number of unbranched alkanes of at least 4 members (excludes halogenated alkanes) is 1. The molecule has 1 heterocycles. The van der Waals surface area contributed by atoms with Gasteiger partial charge in [-0.15, -0.1) is 0 Å². The lowest BCUT2D eigenvalue weighted by Gasteiger charge is -2.34. The minimum absolute atomic E-state index is 0.0207. The van der Waals surface area contributed by atoms with Crippen molar-refractivity contribution in [3.8, 4) is 5.75 Å². The second kappa shape index (κ2) is 12.3. The Morgan fingerprint density at radius 1 is 1.18 bits per heavy atom. The van der Waals surface area contributed by atoms with Gasteiger partial charge in [-0.05, 0) is 73.3 Å². The summed E-state index contributed by atoms with van der Waals surface area (Å²) in [5.41, 5.74) is 5.33. The van der Waals surface area contributed by atoms with Gasteiger partial charge in [-0.1, -0.05) is 44.6 Å². The molecule has 190 valence electrons. The van der Waals surface area contributed by atoms with Crippen molar-refractivity contribution < 1.29 is 19.7 Å². The molecule has 1 fully saturated rings. The summed E-state index contributed by atoms with van der Waals surface area (Å²) in [7, 11) is 1.72. The van der Waals surface area contributed by atoms with Gasteiger partial charge in [0.25, 0.3) is 0 Å². The number of methoxy groups -OCH3 is 1. The van der Waals surface area contributed by atoms with Crippen molar-refractivity contribution in [2.75, 3.05) is 46.6 Å². The van der Waals surface area contributed by atoms with Crippen LogP contribution < -0.4 is 4.74 Å². The van der Waals surface area contributed by atoms with E-state index in [1.807, 2.05) is 0 Å². The highest BCUT2D eigenvalue weighted by molar-refractivity contribution is 5.51. The van der Waals surface area contributed by atoms with Crippen LogP contribution in [0.1, 0.15) is 75.5 Å². The molecule has 34 heavy (non-hydrogen) atoms. The molecule has 0 radical (unpaired) electrons. The van der Waals surface area contributed by atoms with Crippen LogP contribution in [0.4, 0.5) is 0 Å². The fourth-order valence-corrected chi connectivity index (χ4v) is 5.57. The summed E-state index contributed by atoms with van der Waals surface area (Å²) in [6.07, 6.45) is 7.44. The monoisotopic (exact) mass is 471 g/mol. The van der Waals surface area contributed by atoms with E-state index in [1.54, 1.807) is 7.11 Å². The molecular weight excluding hydrogens is 426 g/mol. The third-order valence-corrected chi connectivity index (χ3v) is 7.82. The molecule has 2 N–H and O–H groups in total. The molecule has 5 heteroatoms. The molecule has 1 aromatic carbocycles. The first-order valence-corrected chi connectivity index (χ1v) is 12.9. The highest BCUT2D eigenvalue weighted by atomic mass is 16.5. The van der Waals surface area contributed by atoms with Gasteiger partial charge >= 0.3 is 0 Å². The maximum atomic E-state index is 10.4. The van der Waals surface area contributed by atoms with Crippen molar-refractivity contribution in [3.63, 3.8) is 0 Å². The first-order chi connectivity index (χ1) is 16.3. The van der Waals surface area contributed by atoms with Gasteiger partial charge in [0.05, 0.1) is 33.5 Å². The number of aliphatic hydroxyl groups excluding tert-OH is 2. The van der Waals surface area contributed by atoms with E-state index in [9.17, 15) is 10.2 Å². The summed E-state index contributed by atoms with van der Waals surface area (Å²) < 4.78 is 11.4. The summed E-state index contributed by atoms with van der Waals surface area (Å²) >= 11 is 0. The quantitative estimate of drug-likeness (QED) is 0.353. The number of ether oxygens (including phenoxy) is 2. The van der Waals surface area contributed by atoms with Gasteiger partial charge in [-0.25, -0.2) is 0 Å². The van der Waals surface area contributed by atoms with Crippen molar-refractivity contribution in [2.45, 2.75) is 70.8 Å². The molecule has 1 aliphatic heterocycles. The summed E-state index contributed by atoms with van der Waals surface area (Å²) in [6.45, 7) is 15.9. The van der Waals surface area contributed by atoms with Crippen LogP contribution in [-0.2, 0) is 16.8 Å². The average Bonchev–Trinajstić information content (AvgIpc) is 2.85. The van der Waals surface area contributed by atoms with Crippen LogP contribution in [0.25, 0.3) is 0 Å². The van der Waals surface area contributed by atoms with Gasteiger partial charge in [-0.2, -0.15) is 0 Å². The molecule has 1 saturated heterocycles. The Balaban J connectivity index is 1.82. The van der Waals surface area contributed by atoms with Crippen molar-refractivity contribution in [3.05, 3.63) is 52.6 Å². The van der Waals surface area contributed by atoms with Gasteiger partial charge in [0.2, 0.25) is 0 Å². The van der Waals surface area contributed by atoms with Crippen molar-refractivity contribution in [2.24, 2.45) is 5.92 Å². The molecule has 2 unspecified atom stereocenters. The van der Waals surface area contributed by atoms with Gasteiger partial charge in [0, 0.05) is 24.6 Å². The number of benzene rings is 1. The van der Waals surface area contributed by atoms with E-state index in [1.165, 1.54) is 12.0 Å². The molecule has 1 aromatic rings. The molecule has 5 nitrogen and oxygen atoms in total. The topological polar surface area (TPSA) is 62.2 Å². The van der Waals surface area contributed by atoms with Gasteiger partial charge in [0.1, 0.15) is 5.75 Å². The van der Waals surface area contributed by atoms with E-state index in [4.69, 9.17) is 9.47 Å². The zero-order valence-corrected chi connectivity index (χ0v) is 21.7. The number of allylic oxidation sites excluding steroid dienone is 2. The molecule has 0 bridgehead atoms. The zero-order valence-electron chi connectivity index (χ0n) is 21.7. The average molecular weight is 472 g/mol. The third-order valence-electron chi connectivity index (χ3n) is 7.82. The van der Waals surface area contributed by atoms with Crippen molar-refractivity contribution in [1.82, 2.24) is 4.90 Å². The van der Waals surface area contributed by atoms with Gasteiger partial charge in [0.15, 0.2) is 0 Å². The maximum Gasteiger partial charge on any atom is 0.123 e. The van der Waals surface area contributed by atoms with E-state index in [2.05, 4.69) is 50.5 Å². The highest BCUT2D eigenvalue weighted by Gasteiger charge is 2.32. The van der Waals surface area contributed by atoms with Crippen molar-refractivity contribution in [1.29, 1.82) is 0 Å². The van der Waals surface area contributed by atoms with E-state index in [0.29, 0.717) is 0 Å². The van der Waals surface area contributed by atoms with Crippen LogP contribution >= 0.6 is 0 Å². The Bertz CT molecular complexity index is 829. The molecular formula is C29H45NO4. The fraction of sp³-hybridized carbons (Fsp3) is 0.655. The largest absolute Gasteiger partial charge is 0.496 e. The summed E-state index contributed by atoms with van der Waals surface area (Å²) in [6, 6.07) is 4.35. The molecule has 1 aliphatic carbocycles. The van der Waals surface area contributed by atoms with Crippen molar-refractivity contribution >= 4 is 0 Å². The Labute approximate surface area is 206 Å². The number of rotatable bonds is 11. The minimum Gasteiger partial charge on any atom is -0.496 e. The first kappa shape index (κ1) is 26.9. The normalized spacial score (nSPS) is 21.9. The Kier molecular flexibility index (Phi) is 9.78. The summed E-state index contributed by atoms with van der Waals surface area (Å²) in [5.74, 6) is 1.15. The second-order valence-corrected chi connectivity index (χ2v) is 10.7. The molecule has 2 aliphatic rings. The second-order valence-electron chi connectivity index (χ2n) is 10.7. The van der Waals surface area contributed by atoms with E-state index >= 15 is 0 Å². The standard InChI is InChI=1S/C29H45NO4/c1-21(2)25-9-8-22(19-31)16-26(25)28-23(20-32)17-24(18-27(28)33-5)29(3,4)10-6-7-11-30-12-14-34-15-13-30/h16-18,25-26,31-32H,1,6-15,19-20H2,2-5H3. The highest BCUT2D eigenvalue weighted by Crippen LogP contribution is 2.46. The lowest BCUT2D eigenvalue weighted by atomic mass is 9.71. The predicted octanol–water partition coefficient (Wildman–Crippen LogP) is 4.96. The third kappa shape index (κ3) is 6.51. The smallest absolute Gasteiger partial charge is 0.123 e.